The zero-order chi connectivity index (χ0) is 13.1. The Bertz CT molecular complexity index is 428. The van der Waals surface area contributed by atoms with Crippen LogP contribution in [0.5, 0.6) is 5.75 Å². The molecule has 2 atom stereocenters. The Morgan fingerprint density at radius 2 is 2.26 bits per heavy atom. The summed E-state index contributed by atoms with van der Waals surface area (Å²) in [6, 6.07) is 6.33. The Balaban J connectivity index is 1.69. The minimum absolute atomic E-state index is 0.338. The van der Waals surface area contributed by atoms with Crippen LogP contribution in [-0.4, -0.2) is 30.7 Å². The van der Waals surface area contributed by atoms with Crippen molar-refractivity contribution in [3.05, 3.63) is 28.8 Å². The van der Waals surface area contributed by atoms with E-state index in [1.807, 2.05) is 11.8 Å². The van der Waals surface area contributed by atoms with E-state index >= 15 is 0 Å². The highest BCUT2D eigenvalue weighted by atomic mass is 35.5. The largest absolute Gasteiger partial charge is 0.488 e. The van der Waals surface area contributed by atoms with Crippen LogP contribution < -0.4 is 10.1 Å². The minimum Gasteiger partial charge on any atom is -0.488 e. The number of hydrogen-bond donors (Lipinski definition) is 1. The first-order valence-corrected chi connectivity index (χ1v) is 8.61. The standard InChI is InChI=1S/C15H20ClNOS/c16-14-8-11(12-2-1-6-17-9-12)3-4-15(14)18-13-5-7-19-10-13/h3-4,8,12-13,17H,1-2,5-7,9-10H2. The van der Waals surface area contributed by atoms with E-state index in [9.17, 15) is 0 Å². The predicted molar refractivity (Wildman–Crippen MR) is 82.7 cm³/mol. The van der Waals surface area contributed by atoms with Crippen molar-refractivity contribution in [2.75, 3.05) is 24.6 Å². The molecule has 19 heavy (non-hydrogen) atoms. The van der Waals surface area contributed by atoms with Gasteiger partial charge in [0.2, 0.25) is 0 Å². The second kappa shape index (κ2) is 6.38. The first-order valence-electron chi connectivity index (χ1n) is 7.07. The number of ether oxygens (including phenoxy) is 1. The third-order valence-electron chi connectivity index (χ3n) is 3.91. The van der Waals surface area contributed by atoms with Crippen LogP contribution in [0.1, 0.15) is 30.7 Å². The van der Waals surface area contributed by atoms with Gasteiger partial charge >= 0.3 is 0 Å². The normalized spacial score (nSPS) is 27.4. The zero-order valence-corrected chi connectivity index (χ0v) is 12.6. The van der Waals surface area contributed by atoms with E-state index in [-0.39, 0.29) is 0 Å². The molecule has 2 unspecified atom stereocenters. The molecule has 104 valence electrons. The van der Waals surface area contributed by atoms with Gasteiger partial charge in [0.15, 0.2) is 0 Å². The third-order valence-corrected chi connectivity index (χ3v) is 5.33. The monoisotopic (exact) mass is 297 g/mol. The average Bonchev–Trinajstić information content (AvgIpc) is 2.95. The van der Waals surface area contributed by atoms with Gasteiger partial charge in [-0.25, -0.2) is 0 Å². The molecule has 1 aromatic rings. The molecule has 3 rings (SSSR count). The molecular formula is C15H20ClNOS. The molecule has 1 aromatic carbocycles. The van der Waals surface area contributed by atoms with Gasteiger partial charge in [-0.1, -0.05) is 17.7 Å². The SMILES string of the molecule is Clc1cc(C2CCCNC2)ccc1OC1CCSC1. The summed E-state index contributed by atoms with van der Waals surface area (Å²) < 4.78 is 5.98. The molecule has 0 aliphatic carbocycles. The van der Waals surface area contributed by atoms with Crippen LogP contribution in [0.4, 0.5) is 0 Å². The number of hydrogen-bond acceptors (Lipinski definition) is 3. The molecule has 2 fully saturated rings. The molecule has 0 amide bonds. The summed E-state index contributed by atoms with van der Waals surface area (Å²) in [6.07, 6.45) is 3.97. The summed E-state index contributed by atoms with van der Waals surface area (Å²) in [4.78, 5) is 0. The molecule has 2 heterocycles. The molecular weight excluding hydrogens is 278 g/mol. The van der Waals surface area contributed by atoms with Crippen molar-refractivity contribution in [1.82, 2.24) is 5.32 Å². The number of halogens is 1. The Kier molecular flexibility index (Phi) is 4.57. The fourth-order valence-corrected chi connectivity index (χ4v) is 4.12. The van der Waals surface area contributed by atoms with Gasteiger partial charge in [-0.3, -0.25) is 0 Å². The fraction of sp³-hybridized carbons (Fsp3) is 0.600. The molecule has 0 aromatic heterocycles. The van der Waals surface area contributed by atoms with Crippen LogP contribution in [0.3, 0.4) is 0 Å². The van der Waals surface area contributed by atoms with Crippen molar-refractivity contribution in [1.29, 1.82) is 0 Å². The van der Waals surface area contributed by atoms with Gasteiger partial charge in [0.05, 0.1) is 5.02 Å². The number of piperidine rings is 1. The van der Waals surface area contributed by atoms with Crippen LogP contribution in [0.2, 0.25) is 5.02 Å². The molecule has 0 saturated carbocycles. The van der Waals surface area contributed by atoms with E-state index in [2.05, 4.69) is 23.5 Å². The Morgan fingerprint density at radius 1 is 1.32 bits per heavy atom. The molecule has 0 spiro atoms. The molecule has 1 N–H and O–H groups in total. The fourth-order valence-electron chi connectivity index (χ4n) is 2.79. The molecule has 0 bridgehead atoms. The van der Waals surface area contributed by atoms with Gasteiger partial charge in [-0.2, -0.15) is 11.8 Å². The maximum atomic E-state index is 6.37. The first kappa shape index (κ1) is 13.6. The van der Waals surface area contributed by atoms with Crippen LogP contribution in [-0.2, 0) is 0 Å². The van der Waals surface area contributed by atoms with E-state index in [0.29, 0.717) is 12.0 Å². The zero-order valence-electron chi connectivity index (χ0n) is 11.0. The number of thioether (sulfide) groups is 1. The van der Waals surface area contributed by atoms with Crippen molar-refractivity contribution in [2.45, 2.75) is 31.3 Å². The minimum atomic E-state index is 0.338. The van der Waals surface area contributed by atoms with E-state index in [1.54, 1.807) is 0 Å². The third kappa shape index (κ3) is 3.39. The topological polar surface area (TPSA) is 21.3 Å². The summed E-state index contributed by atoms with van der Waals surface area (Å²) in [7, 11) is 0. The van der Waals surface area contributed by atoms with Gasteiger partial charge in [-0.05, 0) is 55.2 Å². The Hall–Kier alpha value is -0.380. The summed E-state index contributed by atoms with van der Waals surface area (Å²) in [5, 5.41) is 4.21. The first-order chi connectivity index (χ1) is 9.33. The summed E-state index contributed by atoms with van der Waals surface area (Å²) in [5.74, 6) is 3.74. The van der Waals surface area contributed by atoms with Crippen LogP contribution in [0.15, 0.2) is 18.2 Å². The maximum Gasteiger partial charge on any atom is 0.138 e. The van der Waals surface area contributed by atoms with Crippen molar-refractivity contribution < 1.29 is 4.74 Å². The number of rotatable bonds is 3. The molecule has 0 radical (unpaired) electrons. The van der Waals surface area contributed by atoms with Gasteiger partial charge in [0, 0.05) is 12.3 Å². The predicted octanol–water partition coefficient (Wildman–Crippen LogP) is 3.69. The second-order valence-electron chi connectivity index (χ2n) is 5.34. The Labute approximate surface area is 124 Å². The maximum absolute atomic E-state index is 6.37. The average molecular weight is 298 g/mol. The quantitative estimate of drug-likeness (QED) is 0.919. The summed E-state index contributed by atoms with van der Waals surface area (Å²) in [5.41, 5.74) is 1.34. The number of nitrogens with one attached hydrogen (secondary N) is 1. The molecule has 2 aliphatic heterocycles. The van der Waals surface area contributed by atoms with Crippen LogP contribution in [0.25, 0.3) is 0 Å². The van der Waals surface area contributed by atoms with Crippen molar-refractivity contribution in [3.63, 3.8) is 0 Å². The molecule has 2 aliphatic rings. The highest BCUT2D eigenvalue weighted by Crippen LogP contribution is 2.33. The van der Waals surface area contributed by atoms with Gasteiger partial charge < -0.3 is 10.1 Å². The van der Waals surface area contributed by atoms with Gasteiger partial charge in [0.25, 0.3) is 0 Å². The second-order valence-corrected chi connectivity index (χ2v) is 6.89. The lowest BCUT2D eigenvalue weighted by Gasteiger charge is -2.24. The smallest absolute Gasteiger partial charge is 0.138 e. The lowest BCUT2D eigenvalue weighted by Crippen LogP contribution is -2.28. The molecule has 2 saturated heterocycles. The van der Waals surface area contributed by atoms with Crippen molar-refractivity contribution in [3.8, 4) is 5.75 Å². The van der Waals surface area contributed by atoms with E-state index in [1.165, 1.54) is 24.2 Å². The Morgan fingerprint density at radius 3 is 2.95 bits per heavy atom. The van der Waals surface area contributed by atoms with Crippen LogP contribution in [0, 0.1) is 0 Å². The lowest BCUT2D eigenvalue weighted by atomic mass is 9.92. The molecule has 4 heteroatoms. The molecule has 2 nitrogen and oxygen atoms in total. The van der Waals surface area contributed by atoms with Crippen molar-refractivity contribution >= 4 is 23.4 Å². The lowest BCUT2D eigenvalue weighted by molar-refractivity contribution is 0.229. The van der Waals surface area contributed by atoms with E-state index < -0.39 is 0 Å². The van der Waals surface area contributed by atoms with Crippen LogP contribution >= 0.6 is 23.4 Å². The number of benzene rings is 1. The summed E-state index contributed by atoms with van der Waals surface area (Å²) in [6.45, 7) is 2.21. The highest BCUT2D eigenvalue weighted by molar-refractivity contribution is 7.99. The highest BCUT2D eigenvalue weighted by Gasteiger charge is 2.20. The van der Waals surface area contributed by atoms with Gasteiger partial charge in [0.1, 0.15) is 11.9 Å². The van der Waals surface area contributed by atoms with Crippen molar-refractivity contribution in [2.24, 2.45) is 0 Å². The van der Waals surface area contributed by atoms with E-state index in [4.69, 9.17) is 16.3 Å². The summed E-state index contributed by atoms with van der Waals surface area (Å²) >= 11 is 8.33. The van der Waals surface area contributed by atoms with E-state index in [0.717, 1.165) is 36.0 Å². The van der Waals surface area contributed by atoms with Gasteiger partial charge in [-0.15, -0.1) is 0 Å².